The molecule has 1 aromatic carbocycles. The van der Waals surface area contributed by atoms with Gasteiger partial charge in [-0.05, 0) is 36.7 Å². The lowest BCUT2D eigenvalue weighted by Gasteiger charge is -2.17. The molecule has 1 aromatic heterocycles. The van der Waals surface area contributed by atoms with Gasteiger partial charge < -0.3 is 10.1 Å². The topological polar surface area (TPSA) is 21.3 Å². The van der Waals surface area contributed by atoms with Gasteiger partial charge in [-0.3, -0.25) is 0 Å². The summed E-state index contributed by atoms with van der Waals surface area (Å²) in [5.74, 6) is -0.371. The van der Waals surface area contributed by atoms with Crippen LogP contribution in [0.1, 0.15) is 29.8 Å². The molecule has 1 atom stereocenters. The molecule has 0 aliphatic rings. The van der Waals surface area contributed by atoms with Gasteiger partial charge in [-0.25, -0.2) is 8.78 Å². The van der Waals surface area contributed by atoms with Gasteiger partial charge in [-0.1, -0.05) is 6.92 Å². The van der Waals surface area contributed by atoms with Crippen molar-refractivity contribution in [3.05, 3.63) is 51.7 Å². The van der Waals surface area contributed by atoms with Gasteiger partial charge in [0, 0.05) is 16.3 Å². The molecule has 1 unspecified atom stereocenters. The summed E-state index contributed by atoms with van der Waals surface area (Å²) in [7, 11) is 1.60. The summed E-state index contributed by atoms with van der Waals surface area (Å²) in [5, 5.41) is 5.20. The van der Waals surface area contributed by atoms with Gasteiger partial charge >= 0.3 is 0 Å². The Kier molecular flexibility index (Phi) is 5.09. The highest BCUT2D eigenvalue weighted by atomic mass is 32.1. The molecule has 0 fully saturated rings. The quantitative estimate of drug-likeness (QED) is 0.866. The van der Waals surface area contributed by atoms with E-state index in [1.807, 2.05) is 18.4 Å². The van der Waals surface area contributed by atoms with Crippen molar-refractivity contribution in [2.24, 2.45) is 0 Å². The second-order valence-electron chi connectivity index (χ2n) is 4.48. The molecule has 0 spiro atoms. The fraction of sp³-hybridized carbons (Fsp3) is 0.333. The number of thiophene rings is 1. The molecule has 20 heavy (non-hydrogen) atoms. The third-order valence-corrected chi connectivity index (χ3v) is 3.91. The molecule has 0 aliphatic heterocycles. The van der Waals surface area contributed by atoms with Crippen molar-refractivity contribution < 1.29 is 13.5 Å². The molecule has 0 saturated heterocycles. The van der Waals surface area contributed by atoms with E-state index < -0.39 is 11.6 Å². The smallest absolute Gasteiger partial charge is 0.129 e. The number of halogens is 2. The van der Waals surface area contributed by atoms with Crippen molar-refractivity contribution >= 4 is 11.3 Å². The van der Waals surface area contributed by atoms with E-state index in [0.717, 1.165) is 29.7 Å². The monoisotopic (exact) mass is 297 g/mol. The van der Waals surface area contributed by atoms with Crippen LogP contribution < -0.4 is 10.1 Å². The molecule has 2 nitrogen and oxygen atoms in total. The zero-order valence-electron chi connectivity index (χ0n) is 11.5. The number of hydrogen-bond donors (Lipinski definition) is 1. The van der Waals surface area contributed by atoms with Gasteiger partial charge in [0.05, 0.1) is 13.2 Å². The van der Waals surface area contributed by atoms with Crippen LogP contribution in [0.3, 0.4) is 0 Å². The van der Waals surface area contributed by atoms with Crippen molar-refractivity contribution in [1.29, 1.82) is 0 Å². The summed E-state index contributed by atoms with van der Waals surface area (Å²) in [4.78, 5) is 0.973. The summed E-state index contributed by atoms with van der Waals surface area (Å²) in [6.45, 7) is 2.81. The average molecular weight is 297 g/mol. The maximum atomic E-state index is 13.4. The first-order valence-electron chi connectivity index (χ1n) is 6.45. The largest absolute Gasteiger partial charge is 0.496 e. The Bertz CT molecular complexity index is 551. The Labute approximate surface area is 121 Å². The van der Waals surface area contributed by atoms with E-state index in [4.69, 9.17) is 4.74 Å². The first-order valence-corrected chi connectivity index (χ1v) is 7.33. The van der Waals surface area contributed by atoms with E-state index in [2.05, 4.69) is 5.32 Å². The van der Waals surface area contributed by atoms with E-state index in [1.54, 1.807) is 7.11 Å². The molecular formula is C15H17F2NOS. The zero-order valence-corrected chi connectivity index (χ0v) is 12.3. The number of rotatable bonds is 6. The molecule has 1 N–H and O–H groups in total. The van der Waals surface area contributed by atoms with E-state index in [-0.39, 0.29) is 6.04 Å². The molecule has 0 amide bonds. The van der Waals surface area contributed by atoms with Crippen molar-refractivity contribution in [2.45, 2.75) is 19.4 Å². The molecular weight excluding hydrogens is 280 g/mol. The van der Waals surface area contributed by atoms with Crippen molar-refractivity contribution in [3.8, 4) is 5.75 Å². The molecule has 2 aromatic rings. The molecule has 0 bridgehead atoms. The first kappa shape index (κ1) is 14.9. The normalized spacial score (nSPS) is 12.4. The Morgan fingerprint density at radius 1 is 1.20 bits per heavy atom. The van der Waals surface area contributed by atoms with Gasteiger partial charge in [0.1, 0.15) is 17.4 Å². The summed E-state index contributed by atoms with van der Waals surface area (Å²) >= 11 is 1.51. The van der Waals surface area contributed by atoms with Crippen LogP contribution in [0.2, 0.25) is 0 Å². The van der Waals surface area contributed by atoms with Crippen LogP contribution in [0.5, 0.6) is 5.75 Å². The molecule has 2 rings (SSSR count). The van der Waals surface area contributed by atoms with Gasteiger partial charge in [0.25, 0.3) is 0 Å². The maximum Gasteiger partial charge on any atom is 0.129 e. The summed E-state index contributed by atoms with van der Waals surface area (Å²) in [5.41, 5.74) is 0.584. The highest BCUT2D eigenvalue weighted by Gasteiger charge is 2.17. The molecule has 5 heteroatoms. The standard InChI is InChI=1S/C15H17F2NOS/c1-3-4-18-15(14-8-13(19-2)9-20-14)10-5-11(16)7-12(17)6-10/h5-9,15,18H,3-4H2,1-2H3. The number of hydrogen-bond acceptors (Lipinski definition) is 3. The Morgan fingerprint density at radius 2 is 1.90 bits per heavy atom. The molecule has 0 aliphatic carbocycles. The van der Waals surface area contributed by atoms with Crippen LogP contribution in [-0.4, -0.2) is 13.7 Å². The Balaban J connectivity index is 2.35. The predicted octanol–water partition coefficient (Wildman–Crippen LogP) is 4.12. The highest BCUT2D eigenvalue weighted by Crippen LogP contribution is 2.31. The van der Waals surface area contributed by atoms with Gasteiger partial charge in [0.15, 0.2) is 0 Å². The lowest BCUT2D eigenvalue weighted by atomic mass is 10.0. The summed E-state index contributed by atoms with van der Waals surface area (Å²) in [6.07, 6.45) is 0.941. The van der Waals surface area contributed by atoms with Crippen LogP contribution in [0.15, 0.2) is 29.6 Å². The van der Waals surface area contributed by atoms with Crippen molar-refractivity contribution in [2.75, 3.05) is 13.7 Å². The second-order valence-corrected chi connectivity index (χ2v) is 5.42. The lowest BCUT2D eigenvalue weighted by molar-refractivity contribution is 0.416. The third kappa shape index (κ3) is 3.55. The van der Waals surface area contributed by atoms with Crippen molar-refractivity contribution in [3.63, 3.8) is 0 Å². The van der Waals surface area contributed by atoms with Crippen LogP contribution in [0.25, 0.3) is 0 Å². The second kappa shape index (κ2) is 6.81. The summed E-state index contributed by atoms with van der Waals surface area (Å²) in [6, 6.07) is 5.27. The number of nitrogens with one attached hydrogen (secondary N) is 1. The molecule has 108 valence electrons. The third-order valence-electron chi connectivity index (χ3n) is 2.93. The van der Waals surface area contributed by atoms with Gasteiger partial charge in [-0.15, -0.1) is 11.3 Å². The molecule has 0 saturated carbocycles. The van der Waals surface area contributed by atoms with Crippen LogP contribution in [0.4, 0.5) is 8.78 Å². The zero-order chi connectivity index (χ0) is 14.5. The van der Waals surface area contributed by atoms with Crippen LogP contribution >= 0.6 is 11.3 Å². The fourth-order valence-corrected chi connectivity index (χ4v) is 2.96. The van der Waals surface area contributed by atoms with Crippen LogP contribution in [-0.2, 0) is 0 Å². The SMILES string of the molecule is CCCNC(c1cc(F)cc(F)c1)c1cc(OC)cs1. The van der Waals surface area contributed by atoms with E-state index in [1.165, 1.54) is 23.5 Å². The van der Waals surface area contributed by atoms with E-state index >= 15 is 0 Å². The maximum absolute atomic E-state index is 13.4. The number of benzene rings is 1. The van der Waals surface area contributed by atoms with E-state index in [0.29, 0.717) is 5.56 Å². The molecule has 0 radical (unpaired) electrons. The summed E-state index contributed by atoms with van der Waals surface area (Å²) < 4.78 is 32.0. The minimum atomic E-state index is -0.563. The van der Waals surface area contributed by atoms with Crippen molar-refractivity contribution in [1.82, 2.24) is 5.32 Å². The number of methoxy groups -OCH3 is 1. The predicted molar refractivity (Wildman–Crippen MR) is 77.4 cm³/mol. The van der Waals surface area contributed by atoms with Gasteiger partial charge in [0.2, 0.25) is 0 Å². The highest BCUT2D eigenvalue weighted by molar-refractivity contribution is 7.10. The minimum Gasteiger partial charge on any atom is -0.496 e. The van der Waals surface area contributed by atoms with Crippen LogP contribution in [0, 0.1) is 11.6 Å². The Morgan fingerprint density at radius 3 is 2.45 bits per heavy atom. The first-order chi connectivity index (χ1) is 9.63. The Hall–Kier alpha value is -1.46. The van der Waals surface area contributed by atoms with Gasteiger partial charge in [-0.2, -0.15) is 0 Å². The lowest BCUT2D eigenvalue weighted by Crippen LogP contribution is -2.22. The average Bonchev–Trinajstić information content (AvgIpc) is 2.87. The minimum absolute atomic E-state index is 0.228. The fourth-order valence-electron chi connectivity index (χ4n) is 2.01. The van der Waals surface area contributed by atoms with E-state index in [9.17, 15) is 8.78 Å². The molecule has 1 heterocycles. The number of ether oxygens (including phenoxy) is 1.